The van der Waals surface area contributed by atoms with E-state index in [1.165, 1.54) is 0 Å². The Hall–Kier alpha value is 0.150. The van der Waals surface area contributed by atoms with Crippen LogP contribution in [0.15, 0.2) is 0 Å². The second-order valence-corrected chi connectivity index (χ2v) is 5.80. The lowest BCUT2D eigenvalue weighted by atomic mass is 9.88. The van der Waals surface area contributed by atoms with Gasteiger partial charge in [0.05, 0.1) is 0 Å². The molecule has 0 saturated heterocycles. The molecule has 2 aliphatic rings. The van der Waals surface area contributed by atoms with Crippen molar-refractivity contribution >= 4 is 11.6 Å². The lowest BCUT2D eigenvalue weighted by molar-refractivity contribution is 0.00384. The van der Waals surface area contributed by atoms with Gasteiger partial charge in [0.2, 0.25) is 5.92 Å². The average molecular weight is 223 g/mol. The minimum Gasteiger partial charge on any atom is -0.207 e. The molecule has 82 valence electrons. The molecule has 0 nitrogen and oxygen atoms in total. The van der Waals surface area contributed by atoms with Crippen LogP contribution in [0.1, 0.15) is 45.4 Å². The number of hydrogen-bond donors (Lipinski definition) is 0. The summed E-state index contributed by atoms with van der Waals surface area (Å²) in [6.45, 7) is 2.00. The van der Waals surface area contributed by atoms with E-state index >= 15 is 0 Å². The number of hydrogen-bond acceptors (Lipinski definition) is 0. The van der Waals surface area contributed by atoms with E-state index in [1.54, 1.807) is 0 Å². The standard InChI is InChI=1S/C11H17ClF2/c1-8(12)10(4-5-10)6-9-2-3-11(13,14)7-9/h8-9H,2-7H2,1H3. The topological polar surface area (TPSA) is 0 Å². The minimum absolute atomic E-state index is 0.0877. The Morgan fingerprint density at radius 3 is 2.36 bits per heavy atom. The van der Waals surface area contributed by atoms with Crippen LogP contribution in [-0.4, -0.2) is 11.3 Å². The van der Waals surface area contributed by atoms with Crippen LogP contribution in [-0.2, 0) is 0 Å². The van der Waals surface area contributed by atoms with Crippen LogP contribution < -0.4 is 0 Å². The lowest BCUT2D eigenvalue weighted by Gasteiger charge is -2.21. The molecule has 0 heterocycles. The first kappa shape index (κ1) is 10.7. The molecule has 2 atom stereocenters. The van der Waals surface area contributed by atoms with E-state index in [4.69, 9.17) is 11.6 Å². The van der Waals surface area contributed by atoms with Crippen LogP contribution in [0.4, 0.5) is 8.78 Å². The largest absolute Gasteiger partial charge is 0.248 e. The van der Waals surface area contributed by atoms with Crippen LogP contribution in [0.3, 0.4) is 0 Å². The van der Waals surface area contributed by atoms with Crippen LogP contribution in [0.2, 0.25) is 0 Å². The second-order valence-electron chi connectivity index (χ2n) is 5.15. The SMILES string of the molecule is CC(Cl)C1(CC2CCC(F)(F)C2)CC1. The quantitative estimate of drug-likeness (QED) is 0.628. The van der Waals surface area contributed by atoms with Gasteiger partial charge in [-0.05, 0) is 43.9 Å². The van der Waals surface area contributed by atoms with Crippen molar-refractivity contribution in [2.24, 2.45) is 11.3 Å². The fraction of sp³-hybridized carbons (Fsp3) is 1.00. The van der Waals surface area contributed by atoms with Crippen LogP contribution in [0.25, 0.3) is 0 Å². The molecule has 0 amide bonds. The van der Waals surface area contributed by atoms with Crippen molar-refractivity contribution in [3.05, 3.63) is 0 Å². The smallest absolute Gasteiger partial charge is 0.207 e. The van der Waals surface area contributed by atoms with Gasteiger partial charge in [-0.15, -0.1) is 11.6 Å². The molecule has 14 heavy (non-hydrogen) atoms. The van der Waals surface area contributed by atoms with E-state index in [-0.39, 0.29) is 29.6 Å². The Morgan fingerprint density at radius 1 is 1.36 bits per heavy atom. The van der Waals surface area contributed by atoms with Gasteiger partial charge in [0.1, 0.15) is 0 Å². The highest BCUT2D eigenvalue weighted by Gasteiger charge is 2.50. The van der Waals surface area contributed by atoms with E-state index in [0.29, 0.717) is 6.42 Å². The monoisotopic (exact) mass is 222 g/mol. The summed E-state index contributed by atoms with van der Waals surface area (Å²) >= 11 is 6.09. The molecular formula is C11H17ClF2. The van der Waals surface area contributed by atoms with Gasteiger partial charge in [-0.1, -0.05) is 0 Å². The fourth-order valence-corrected chi connectivity index (χ4v) is 3.02. The highest BCUT2D eigenvalue weighted by Crippen LogP contribution is 2.58. The van der Waals surface area contributed by atoms with E-state index < -0.39 is 5.92 Å². The number of alkyl halides is 3. The predicted octanol–water partition coefficient (Wildman–Crippen LogP) is 4.22. The third-order valence-corrected chi connectivity index (χ3v) is 4.40. The van der Waals surface area contributed by atoms with Crippen molar-refractivity contribution in [2.75, 3.05) is 0 Å². The van der Waals surface area contributed by atoms with Crippen molar-refractivity contribution in [1.82, 2.24) is 0 Å². The van der Waals surface area contributed by atoms with Gasteiger partial charge in [-0.25, -0.2) is 8.78 Å². The first-order chi connectivity index (χ1) is 6.44. The van der Waals surface area contributed by atoms with Gasteiger partial charge in [0, 0.05) is 18.2 Å². The molecule has 0 bridgehead atoms. The van der Waals surface area contributed by atoms with Gasteiger partial charge >= 0.3 is 0 Å². The van der Waals surface area contributed by atoms with Crippen molar-refractivity contribution < 1.29 is 8.78 Å². The zero-order chi connectivity index (χ0) is 10.4. The zero-order valence-electron chi connectivity index (χ0n) is 8.53. The molecule has 0 radical (unpaired) electrons. The predicted molar refractivity (Wildman–Crippen MR) is 53.9 cm³/mol. The Balaban J connectivity index is 1.88. The molecule has 3 heteroatoms. The normalized spacial score (nSPS) is 35.6. The van der Waals surface area contributed by atoms with E-state index in [2.05, 4.69) is 0 Å². The molecule has 0 aromatic heterocycles. The highest BCUT2D eigenvalue weighted by atomic mass is 35.5. The van der Waals surface area contributed by atoms with Crippen molar-refractivity contribution in [3.63, 3.8) is 0 Å². The third kappa shape index (κ3) is 2.05. The van der Waals surface area contributed by atoms with Crippen molar-refractivity contribution in [2.45, 2.75) is 56.7 Å². The molecule has 0 N–H and O–H groups in total. The van der Waals surface area contributed by atoms with Gasteiger partial charge in [-0.3, -0.25) is 0 Å². The summed E-state index contributed by atoms with van der Waals surface area (Å²) in [7, 11) is 0. The van der Waals surface area contributed by atoms with Crippen LogP contribution >= 0.6 is 11.6 Å². The summed E-state index contributed by atoms with van der Waals surface area (Å²) in [5, 5.41) is 0.150. The molecule has 2 fully saturated rings. The van der Waals surface area contributed by atoms with Crippen molar-refractivity contribution in [3.8, 4) is 0 Å². The Morgan fingerprint density at radius 2 is 2.00 bits per heavy atom. The summed E-state index contributed by atoms with van der Waals surface area (Å²) in [6, 6.07) is 0. The first-order valence-corrected chi connectivity index (χ1v) is 5.89. The van der Waals surface area contributed by atoms with Gasteiger partial charge in [-0.2, -0.15) is 0 Å². The maximum Gasteiger partial charge on any atom is 0.248 e. The third-order valence-electron chi connectivity index (χ3n) is 3.94. The molecule has 0 aliphatic heterocycles. The fourth-order valence-electron chi connectivity index (χ4n) is 2.72. The van der Waals surface area contributed by atoms with Crippen LogP contribution in [0, 0.1) is 11.3 Å². The second kappa shape index (κ2) is 3.33. The van der Waals surface area contributed by atoms with E-state index in [9.17, 15) is 8.78 Å². The minimum atomic E-state index is -2.39. The van der Waals surface area contributed by atoms with Gasteiger partial charge in [0.15, 0.2) is 0 Å². The number of halogens is 3. The molecule has 0 aromatic rings. The molecule has 0 aromatic carbocycles. The summed E-state index contributed by atoms with van der Waals surface area (Å²) in [6.07, 6.45) is 4.08. The summed E-state index contributed by atoms with van der Waals surface area (Å²) in [5.74, 6) is -2.18. The Kier molecular flexibility index (Phi) is 2.53. The first-order valence-electron chi connectivity index (χ1n) is 5.45. The summed E-state index contributed by atoms with van der Waals surface area (Å²) < 4.78 is 25.9. The van der Waals surface area contributed by atoms with Crippen molar-refractivity contribution in [1.29, 1.82) is 0 Å². The molecule has 2 unspecified atom stereocenters. The highest BCUT2D eigenvalue weighted by molar-refractivity contribution is 6.21. The average Bonchev–Trinajstić information content (AvgIpc) is 2.74. The molecular weight excluding hydrogens is 206 g/mol. The lowest BCUT2D eigenvalue weighted by Crippen LogP contribution is -2.17. The maximum absolute atomic E-state index is 13.0. The van der Waals surface area contributed by atoms with Crippen LogP contribution in [0.5, 0.6) is 0 Å². The Bertz CT molecular complexity index is 221. The Labute approximate surface area is 89.0 Å². The van der Waals surface area contributed by atoms with E-state index in [1.807, 2.05) is 6.92 Å². The van der Waals surface area contributed by atoms with E-state index in [0.717, 1.165) is 19.3 Å². The summed E-state index contributed by atoms with van der Waals surface area (Å²) in [4.78, 5) is 0. The molecule has 0 spiro atoms. The number of rotatable bonds is 3. The molecule has 2 aliphatic carbocycles. The van der Waals surface area contributed by atoms with Gasteiger partial charge in [0.25, 0.3) is 0 Å². The molecule has 2 saturated carbocycles. The summed E-state index contributed by atoms with van der Waals surface area (Å²) in [5.41, 5.74) is 0.215. The van der Waals surface area contributed by atoms with Gasteiger partial charge < -0.3 is 0 Å². The zero-order valence-corrected chi connectivity index (χ0v) is 9.29. The molecule has 2 rings (SSSR count). The maximum atomic E-state index is 13.0.